The van der Waals surface area contributed by atoms with E-state index in [9.17, 15) is 4.79 Å². The molecule has 1 aliphatic rings. The number of hydrogen-bond acceptors (Lipinski definition) is 3. The summed E-state index contributed by atoms with van der Waals surface area (Å²) in [5.74, 6) is 0.781. The molecule has 0 saturated heterocycles. The van der Waals surface area contributed by atoms with Crippen LogP contribution in [0.2, 0.25) is 0 Å². The Morgan fingerprint density at radius 1 is 1.18 bits per heavy atom. The van der Waals surface area contributed by atoms with Crippen LogP contribution in [0.15, 0.2) is 36.9 Å². The quantitative estimate of drug-likeness (QED) is 0.891. The van der Waals surface area contributed by atoms with Crippen molar-refractivity contribution in [2.24, 2.45) is 5.92 Å². The molecule has 1 fully saturated rings. The molecule has 1 saturated carbocycles. The summed E-state index contributed by atoms with van der Waals surface area (Å²) in [6, 6.07) is 8.25. The summed E-state index contributed by atoms with van der Waals surface area (Å²) in [5, 5.41) is 7.12. The molecule has 3 rings (SSSR count). The second kappa shape index (κ2) is 7.20. The van der Waals surface area contributed by atoms with E-state index in [1.54, 1.807) is 11.0 Å². The highest BCUT2D eigenvalue weighted by Crippen LogP contribution is 2.27. The number of benzene rings is 1. The number of rotatable bonds is 6. The van der Waals surface area contributed by atoms with Gasteiger partial charge in [0.05, 0.1) is 6.54 Å². The fourth-order valence-electron chi connectivity index (χ4n) is 3.01. The third-order valence-electron chi connectivity index (χ3n) is 4.27. The van der Waals surface area contributed by atoms with E-state index in [0.717, 1.165) is 5.56 Å². The van der Waals surface area contributed by atoms with Gasteiger partial charge in [-0.3, -0.25) is 4.79 Å². The summed E-state index contributed by atoms with van der Waals surface area (Å²) in [4.78, 5) is 15.9. The zero-order chi connectivity index (χ0) is 15.2. The van der Waals surface area contributed by atoms with E-state index in [4.69, 9.17) is 0 Å². The van der Waals surface area contributed by atoms with Crippen molar-refractivity contribution in [2.45, 2.75) is 45.2 Å². The van der Waals surface area contributed by atoms with Gasteiger partial charge in [-0.05, 0) is 29.9 Å². The van der Waals surface area contributed by atoms with Crippen LogP contribution in [0.3, 0.4) is 0 Å². The van der Waals surface area contributed by atoms with E-state index in [0.29, 0.717) is 25.4 Å². The van der Waals surface area contributed by atoms with Gasteiger partial charge in [-0.15, -0.1) is 0 Å². The van der Waals surface area contributed by atoms with Crippen molar-refractivity contribution in [3.63, 3.8) is 0 Å². The van der Waals surface area contributed by atoms with Gasteiger partial charge in [-0.1, -0.05) is 37.1 Å². The molecule has 0 radical (unpaired) electrons. The Morgan fingerprint density at radius 2 is 1.91 bits per heavy atom. The van der Waals surface area contributed by atoms with Crippen molar-refractivity contribution >= 4 is 5.91 Å². The molecule has 1 aliphatic carbocycles. The maximum absolute atomic E-state index is 11.9. The third kappa shape index (κ3) is 4.16. The van der Waals surface area contributed by atoms with Gasteiger partial charge in [-0.2, -0.15) is 5.10 Å². The fraction of sp³-hybridized carbons (Fsp3) is 0.471. The first kappa shape index (κ1) is 14.8. The molecule has 116 valence electrons. The van der Waals surface area contributed by atoms with Crippen LogP contribution in [-0.2, 0) is 17.9 Å². The van der Waals surface area contributed by atoms with Gasteiger partial charge < -0.3 is 5.32 Å². The summed E-state index contributed by atoms with van der Waals surface area (Å²) in [6.07, 6.45) is 8.92. The predicted molar refractivity (Wildman–Crippen MR) is 84.0 cm³/mol. The molecule has 1 aromatic heterocycles. The summed E-state index contributed by atoms with van der Waals surface area (Å²) >= 11 is 0. The molecule has 0 unspecified atom stereocenters. The summed E-state index contributed by atoms with van der Waals surface area (Å²) in [5.41, 5.74) is 2.30. The summed E-state index contributed by atoms with van der Waals surface area (Å²) < 4.78 is 1.79. The van der Waals surface area contributed by atoms with E-state index in [-0.39, 0.29) is 5.91 Å². The normalized spacial score (nSPS) is 15.1. The number of hydrogen-bond donors (Lipinski definition) is 1. The number of aromatic nitrogens is 3. The highest BCUT2D eigenvalue weighted by Gasteiger charge is 2.17. The number of nitrogens with zero attached hydrogens (tertiary/aromatic N) is 3. The monoisotopic (exact) mass is 298 g/mol. The Bertz CT molecular complexity index is 586. The van der Waals surface area contributed by atoms with Crippen LogP contribution in [0.4, 0.5) is 0 Å². The number of carbonyl (C=O) groups excluding carboxylic acids is 1. The Labute approximate surface area is 130 Å². The Kier molecular flexibility index (Phi) is 4.83. The Hall–Kier alpha value is -2.17. The van der Waals surface area contributed by atoms with Crippen molar-refractivity contribution in [3.05, 3.63) is 48.0 Å². The zero-order valence-electron chi connectivity index (χ0n) is 12.7. The maximum atomic E-state index is 11.9. The minimum Gasteiger partial charge on any atom is -0.352 e. The number of carbonyl (C=O) groups is 1. The van der Waals surface area contributed by atoms with Gasteiger partial charge in [0.25, 0.3) is 0 Å². The summed E-state index contributed by atoms with van der Waals surface area (Å²) in [6.45, 7) is 1.32. The van der Waals surface area contributed by atoms with Crippen molar-refractivity contribution < 1.29 is 4.79 Å². The Balaban J connectivity index is 1.45. The molecule has 22 heavy (non-hydrogen) atoms. The average molecular weight is 298 g/mol. The molecule has 0 atom stereocenters. The maximum Gasteiger partial charge on any atom is 0.220 e. The third-order valence-corrected chi connectivity index (χ3v) is 4.27. The lowest BCUT2D eigenvalue weighted by Crippen LogP contribution is -2.24. The van der Waals surface area contributed by atoms with Crippen LogP contribution < -0.4 is 5.32 Å². The molecule has 0 aliphatic heterocycles. The second-order valence-electron chi connectivity index (χ2n) is 6.04. The molecule has 0 bridgehead atoms. The van der Waals surface area contributed by atoms with Crippen molar-refractivity contribution in [2.75, 3.05) is 0 Å². The van der Waals surface area contributed by atoms with Crippen LogP contribution in [-0.4, -0.2) is 20.7 Å². The van der Waals surface area contributed by atoms with E-state index in [2.05, 4.69) is 39.7 Å². The standard InChI is InChI=1S/C17H22N4O/c22-17(9-14-3-1-2-4-14)19-10-15-5-7-16(8-6-15)11-21-13-18-12-20-21/h5-8,12-14H,1-4,9-11H2,(H,19,22). The van der Waals surface area contributed by atoms with Gasteiger partial charge in [0, 0.05) is 13.0 Å². The molecule has 2 aromatic rings. The van der Waals surface area contributed by atoms with E-state index >= 15 is 0 Å². The lowest BCUT2D eigenvalue weighted by molar-refractivity contribution is -0.122. The van der Waals surface area contributed by atoms with E-state index in [1.165, 1.54) is 37.6 Å². The molecular formula is C17H22N4O. The highest BCUT2D eigenvalue weighted by molar-refractivity contribution is 5.76. The molecular weight excluding hydrogens is 276 g/mol. The smallest absolute Gasteiger partial charge is 0.220 e. The minimum absolute atomic E-state index is 0.179. The molecule has 1 amide bonds. The van der Waals surface area contributed by atoms with Crippen LogP contribution in [0.5, 0.6) is 0 Å². The summed E-state index contributed by atoms with van der Waals surface area (Å²) in [7, 11) is 0. The lowest BCUT2D eigenvalue weighted by Gasteiger charge is -2.10. The first-order chi connectivity index (χ1) is 10.8. The second-order valence-corrected chi connectivity index (χ2v) is 6.04. The van der Waals surface area contributed by atoms with Crippen LogP contribution in [0.25, 0.3) is 0 Å². The minimum atomic E-state index is 0.179. The predicted octanol–water partition coefficient (Wildman–Crippen LogP) is 2.52. The van der Waals surface area contributed by atoms with Gasteiger partial charge in [0.1, 0.15) is 12.7 Å². The van der Waals surface area contributed by atoms with Crippen molar-refractivity contribution in [1.82, 2.24) is 20.1 Å². The van der Waals surface area contributed by atoms with Crippen molar-refractivity contribution in [1.29, 1.82) is 0 Å². The van der Waals surface area contributed by atoms with E-state index < -0.39 is 0 Å². The van der Waals surface area contributed by atoms with Crippen LogP contribution >= 0.6 is 0 Å². The highest BCUT2D eigenvalue weighted by atomic mass is 16.1. The first-order valence-corrected chi connectivity index (χ1v) is 7.96. The molecule has 1 aromatic carbocycles. The van der Waals surface area contributed by atoms with Gasteiger partial charge in [0.2, 0.25) is 5.91 Å². The molecule has 0 spiro atoms. The van der Waals surface area contributed by atoms with Crippen LogP contribution in [0, 0.1) is 5.92 Å². The van der Waals surface area contributed by atoms with Crippen molar-refractivity contribution in [3.8, 4) is 0 Å². The Morgan fingerprint density at radius 3 is 2.59 bits per heavy atom. The lowest BCUT2D eigenvalue weighted by atomic mass is 10.0. The largest absolute Gasteiger partial charge is 0.352 e. The zero-order valence-corrected chi connectivity index (χ0v) is 12.7. The van der Waals surface area contributed by atoms with Gasteiger partial charge in [-0.25, -0.2) is 9.67 Å². The number of nitrogens with one attached hydrogen (secondary N) is 1. The molecule has 1 N–H and O–H groups in total. The van der Waals surface area contributed by atoms with Gasteiger partial charge >= 0.3 is 0 Å². The average Bonchev–Trinajstić information content (AvgIpc) is 3.20. The first-order valence-electron chi connectivity index (χ1n) is 7.96. The number of amides is 1. The molecule has 5 nitrogen and oxygen atoms in total. The molecule has 1 heterocycles. The SMILES string of the molecule is O=C(CC1CCCC1)NCc1ccc(Cn2cncn2)cc1. The topological polar surface area (TPSA) is 59.8 Å². The van der Waals surface area contributed by atoms with Gasteiger partial charge in [0.15, 0.2) is 0 Å². The molecule has 5 heteroatoms. The van der Waals surface area contributed by atoms with Crippen LogP contribution in [0.1, 0.15) is 43.2 Å². The fourth-order valence-corrected chi connectivity index (χ4v) is 3.01. The van der Waals surface area contributed by atoms with E-state index in [1.807, 2.05) is 0 Å².